The number of carbonyl (C=O) groups is 2. The van der Waals surface area contributed by atoms with E-state index in [1.165, 1.54) is 0 Å². The van der Waals surface area contributed by atoms with Crippen molar-refractivity contribution in [3.63, 3.8) is 0 Å². The third-order valence-electron chi connectivity index (χ3n) is 3.06. The first-order valence-corrected chi connectivity index (χ1v) is 6.04. The molecular weight excluding hydrogens is 230 g/mol. The van der Waals surface area contributed by atoms with Crippen molar-refractivity contribution in [3.8, 4) is 0 Å². The van der Waals surface area contributed by atoms with Gasteiger partial charge in [0, 0.05) is 25.2 Å². The average Bonchev–Trinajstić information content (AvgIpc) is 2.37. The fourth-order valence-corrected chi connectivity index (χ4v) is 2.08. The molecule has 5 heteroatoms. The van der Waals surface area contributed by atoms with Crippen LogP contribution in [0.3, 0.4) is 0 Å². The predicted molar refractivity (Wildman–Crippen MR) is 68.9 cm³/mol. The quantitative estimate of drug-likeness (QED) is 0.713. The van der Waals surface area contributed by atoms with Crippen molar-refractivity contribution in [3.05, 3.63) is 29.8 Å². The molecule has 5 nitrogen and oxygen atoms in total. The van der Waals surface area contributed by atoms with Gasteiger partial charge in [-0.15, -0.1) is 0 Å². The van der Waals surface area contributed by atoms with Crippen molar-refractivity contribution in [2.75, 3.05) is 18.4 Å². The summed E-state index contributed by atoms with van der Waals surface area (Å²) < 4.78 is 0. The van der Waals surface area contributed by atoms with Gasteiger partial charge in [0.25, 0.3) is 0 Å². The molecule has 1 unspecified atom stereocenters. The van der Waals surface area contributed by atoms with Crippen LogP contribution in [0.1, 0.15) is 12.0 Å². The summed E-state index contributed by atoms with van der Waals surface area (Å²) in [6.07, 6.45) is 0.911. The number of benzene rings is 1. The Bertz CT molecular complexity index is 459. The number of amides is 2. The minimum Gasteiger partial charge on any atom is -0.384 e. The molecule has 0 fully saturated rings. The molecule has 1 aliphatic heterocycles. The zero-order valence-corrected chi connectivity index (χ0v) is 10.1. The van der Waals surface area contributed by atoms with E-state index in [2.05, 4.69) is 10.6 Å². The SMILES string of the molecule is NC(=O)CCNC(=O)C1CNc2ccccc2C1. The number of nitrogens with one attached hydrogen (secondary N) is 2. The number of fused-ring (bicyclic) bond motifs is 1. The average molecular weight is 247 g/mol. The monoisotopic (exact) mass is 247 g/mol. The molecule has 1 aromatic rings. The number of rotatable bonds is 4. The number of nitrogens with two attached hydrogens (primary N) is 1. The lowest BCUT2D eigenvalue weighted by molar-refractivity contribution is -0.124. The maximum absolute atomic E-state index is 11.9. The smallest absolute Gasteiger partial charge is 0.225 e. The van der Waals surface area contributed by atoms with E-state index in [-0.39, 0.29) is 18.2 Å². The predicted octanol–water partition coefficient (Wildman–Crippen LogP) is 0.262. The highest BCUT2D eigenvalue weighted by molar-refractivity contribution is 5.81. The van der Waals surface area contributed by atoms with Gasteiger partial charge in [0.05, 0.1) is 5.92 Å². The molecule has 1 heterocycles. The van der Waals surface area contributed by atoms with Gasteiger partial charge in [0.2, 0.25) is 11.8 Å². The van der Waals surface area contributed by atoms with E-state index >= 15 is 0 Å². The van der Waals surface area contributed by atoms with Crippen LogP contribution in [-0.2, 0) is 16.0 Å². The number of hydrogen-bond donors (Lipinski definition) is 3. The number of primary amides is 1. The van der Waals surface area contributed by atoms with E-state index in [1.54, 1.807) is 0 Å². The topological polar surface area (TPSA) is 84.2 Å². The van der Waals surface area contributed by atoms with E-state index in [0.29, 0.717) is 13.1 Å². The van der Waals surface area contributed by atoms with Crippen molar-refractivity contribution < 1.29 is 9.59 Å². The summed E-state index contributed by atoms with van der Waals surface area (Å²) in [5.41, 5.74) is 7.27. The molecule has 0 saturated heterocycles. The largest absolute Gasteiger partial charge is 0.384 e. The van der Waals surface area contributed by atoms with Crippen LogP contribution in [0.25, 0.3) is 0 Å². The molecule has 2 amide bonds. The molecule has 1 aliphatic rings. The van der Waals surface area contributed by atoms with Crippen molar-refractivity contribution >= 4 is 17.5 Å². The Balaban J connectivity index is 1.88. The zero-order chi connectivity index (χ0) is 13.0. The van der Waals surface area contributed by atoms with Gasteiger partial charge in [-0.3, -0.25) is 9.59 Å². The van der Waals surface area contributed by atoms with Gasteiger partial charge >= 0.3 is 0 Å². The molecule has 96 valence electrons. The lowest BCUT2D eigenvalue weighted by atomic mass is 9.93. The maximum atomic E-state index is 11.9. The molecule has 4 N–H and O–H groups in total. The zero-order valence-electron chi connectivity index (χ0n) is 10.1. The third kappa shape index (κ3) is 3.00. The molecule has 1 atom stereocenters. The second-order valence-corrected chi connectivity index (χ2v) is 4.45. The summed E-state index contributed by atoms with van der Waals surface area (Å²) in [7, 11) is 0. The van der Waals surface area contributed by atoms with Crippen LogP contribution in [0.5, 0.6) is 0 Å². The van der Waals surface area contributed by atoms with Gasteiger partial charge in [-0.25, -0.2) is 0 Å². The number of carbonyl (C=O) groups excluding carboxylic acids is 2. The molecule has 0 aromatic heterocycles. The maximum Gasteiger partial charge on any atom is 0.225 e. The molecule has 18 heavy (non-hydrogen) atoms. The molecule has 2 rings (SSSR count). The van der Waals surface area contributed by atoms with E-state index in [1.807, 2.05) is 24.3 Å². The van der Waals surface area contributed by atoms with Gasteiger partial charge in [0.1, 0.15) is 0 Å². The summed E-state index contributed by atoms with van der Waals surface area (Å²) >= 11 is 0. The fourth-order valence-electron chi connectivity index (χ4n) is 2.08. The lowest BCUT2D eigenvalue weighted by Crippen LogP contribution is -2.39. The molecule has 0 spiro atoms. The minimum absolute atomic E-state index is 0.0294. The number of anilines is 1. The second-order valence-electron chi connectivity index (χ2n) is 4.45. The minimum atomic E-state index is -0.401. The van der Waals surface area contributed by atoms with Crippen LogP contribution in [0.2, 0.25) is 0 Å². The van der Waals surface area contributed by atoms with Crippen LogP contribution >= 0.6 is 0 Å². The first-order chi connectivity index (χ1) is 8.66. The highest BCUT2D eigenvalue weighted by atomic mass is 16.2. The Hall–Kier alpha value is -2.04. The lowest BCUT2D eigenvalue weighted by Gasteiger charge is -2.25. The molecule has 1 aromatic carbocycles. The summed E-state index contributed by atoms with van der Waals surface area (Å²) in [4.78, 5) is 22.5. The third-order valence-corrected chi connectivity index (χ3v) is 3.06. The van der Waals surface area contributed by atoms with Crippen molar-refractivity contribution in [2.24, 2.45) is 11.7 Å². The Kier molecular flexibility index (Phi) is 3.82. The van der Waals surface area contributed by atoms with Gasteiger partial charge < -0.3 is 16.4 Å². The van der Waals surface area contributed by atoms with Gasteiger partial charge in [-0.05, 0) is 18.1 Å². The summed E-state index contributed by atoms with van der Waals surface area (Å²) in [5.74, 6) is -0.520. The molecule has 0 bridgehead atoms. The Morgan fingerprint density at radius 1 is 1.39 bits per heavy atom. The summed E-state index contributed by atoms with van der Waals surface area (Å²) in [6.45, 7) is 0.936. The van der Waals surface area contributed by atoms with Crippen LogP contribution in [0.4, 0.5) is 5.69 Å². The van der Waals surface area contributed by atoms with Gasteiger partial charge in [-0.2, -0.15) is 0 Å². The highest BCUT2D eigenvalue weighted by Crippen LogP contribution is 2.24. The van der Waals surface area contributed by atoms with Crippen LogP contribution in [-0.4, -0.2) is 24.9 Å². The molecule has 0 saturated carbocycles. The first kappa shape index (κ1) is 12.4. The second kappa shape index (κ2) is 5.53. The normalized spacial score (nSPS) is 17.4. The Morgan fingerprint density at radius 3 is 2.94 bits per heavy atom. The van der Waals surface area contributed by atoms with Crippen LogP contribution in [0.15, 0.2) is 24.3 Å². The van der Waals surface area contributed by atoms with E-state index in [4.69, 9.17) is 5.73 Å². The van der Waals surface area contributed by atoms with Gasteiger partial charge in [0.15, 0.2) is 0 Å². The highest BCUT2D eigenvalue weighted by Gasteiger charge is 2.23. The summed E-state index contributed by atoms with van der Waals surface area (Å²) in [6, 6.07) is 7.97. The number of hydrogen-bond acceptors (Lipinski definition) is 3. The Morgan fingerprint density at radius 2 is 2.17 bits per heavy atom. The summed E-state index contributed by atoms with van der Waals surface area (Å²) in [5, 5.41) is 5.98. The van der Waals surface area contributed by atoms with Crippen molar-refractivity contribution in [1.29, 1.82) is 0 Å². The van der Waals surface area contributed by atoms with Crippen LogP contribution < -0.4 is 16.4 Å². The van der Waals surface area contributed by atoms with Crippen molar-refractivity contribution in [2.45, 2.75) is 12.8 Å². The molecular formula is C13H17N3O2. The van der Waals surface area contributed by atoms with E-state index in [0.717, 1.165) is 17.7 Å². The van der Waals surface area contributed by atoms with Crippen LogP contribution in [0, 0.1) is 5.92 Å². The van der Waals surface area contributed by atoms with E-state index < -0.39 is 5.91 Å². The van der Waals surface area contributed by atoms with Crippen molar-refractivity contribution in [1.82, 2.24) is 5.32 Å². The molecule has 0 aliphatic carbocycles. The van der Waals surface area contributed by atoms with Gasteiger partial charge in [-0.1, -0.05) is 18.2 Å². The number of para-hydroxylation sites is 1. The Labute approximate surface area is 106 Å². The van der Waals surface area contributed by atoms with E-state index in [9.17, 15) is 9.59 Å². The molecule has 0 radical (unpaired) electrons. The fraction of sp³-hybridized carbons (Fsp3) is 0.385. The standard InChI is InChI=1S/C13H17N3O2/c14-12(17)5-6-15-13(18)10-7-9-3-1-2-4-11(9)16-8-10/h1-4,10,16H,5-8H2,(H2,14,17)(H,15,18). The first-order valence-electron chi connectivity index (χ1n) is 6.04.